The van der Waals surface area contributed by atoms with Crippen LogP contribution >= 0.6 is 0 Å². The zero-order chi connectivity index (χ0) is 26.6. The van der Waals surface area contributed by atoms with Gasteiger partial charge in [-0.2, -0.15) is 5.26 Å². The van der Waals surface area contributed by atoms with Gasteiger partial charge in [0.05, 0.1) is 17.8 Å². The predicted octanol–water partition coefficient (Wildman–Crippen LogP) is 5.78. The standard InChI is InChI=1S/C27H27F2N5O3/c1-26(2,3)37-25(35)34-14-12-23(27(28,29)17-34)36-22-10-9-18(15-19(22)16-30)21-11-13-31-24(33-21)32-20-7-5-4-6-8-20/h4-11,13,15,23H,12,14,17H2,1-3H3,(H,31,32,33)/t23-/m0/s1. The number of carbonyl (C=O) groups is 1. The van der Waals surface area contributed by atoms with Crippen molar-refractivity contribution in [3.8, 4) is 23.1 Å². The zero-order valence-electron chi connectivity index (χ0n) is 20.7. The molecule has 1 amide bonds. The Morgan fingerprint density at radius 2 is 1.95 bits per heavy atom. The average molecular weight is 508 g/mol. The number of hydrogen-bond acceptors (Lipinski definition) is 7. The molecule has 1 atom stereocenters. The molecule has 0 unspecified atom stereocenters. The third-order valence-corrected chi connectivity index (χ3v) is 5.54. The minimum absolute atomic E-state index is 0.0401. The van der Waals surface area contributed by atoms with Crippen LogP contribution < -0.4 is 10.1 Å². The summed E-state index contributed by atoms with van der Waals surface area (Å²) in [4.78, 5) is 21.9. The average Bonchev–Trinajstić information content (AvgIpc) is 2.85. The lowest BCUT2D eigenvalue weighted by Gasteiger charge is -2.38. The summed E-state index contributed by atoms with van der Waals surface area (Å²) in [5.41, 5.74) is 1.28. The third kappa shape index (κ3) is 6.50. The highest BCUT2D eigenvalue weighted by atomic mass is 19.3. The van der Waals surface area contributed by atoms with Crippen molar-refractivity contribution in [2.24, 2.45) is 0 Å². The van der Waals surface area contributed by atoms with E-state index in [2.05, 4.69) is 15.3 Å². The van der Waals surface area contributed by atoms with Crippen molar-refractivity contribution in [3.63, 3.8) is 0 Å². The third-order valence-electron chi connectivity index (χ3n) is 5.54. The number of halogens is 2. The Balaban J connectivity index is 1.48. The van der Waals surface area contributed by atoms with Crippen molar-refractivity contribution in [2.45, 2.75) is 44.8 Å². The summed E-state index contributed by atoms with van der Waals surface area (Å²) in [5.74, 6) is -2.91. The molecule has 0 spiro atoms. The van der Waals surface area contributed by atoms with Gasteiger partial charge in [-0.05, 0) is 57.2 Å². The Hall–Kier alpha value is -4.26. The summed E-state index contributed by atoms with van der Waals surface area (Å²) in [6.45, 7) is 4.24. The van der Waals surface area contributed by atoms with Crippen LogP contribution in [0.5, 0.6) is 5.75 Å². The van der Waals surface area contributed by atoms with Crippen molar-refractivity contribution in [2.75, 3.05) is 18.4 Å². The van der Waals surface area contributed by atoms with Crippen LogP contribution in [0.3, 0.4) is 0 Å². The van der Waals surface area contributed by atoms with Crippen LogP contribution in [0.15, 0.2) is 60.8 Å². The van der Waals surface area contributed by atoms with Gasteiger partial charge in [0.2, 0.25) is 5.95 Å². The Morgan fingerprint density at radius 3 is 2.62 bits per heavy atom. The maximum Gasteiger partial charge on any atom is 0.410 e. The second-order valence-electron chi connectivity index (χ2n) is 9.64. The lowest BCUT2D eigenvalue weighted by atomic mass is 10.0. The summed E-state index contributed by atoms with van der Waals surface area (Å²) in [7, 11) is 0. The second-order valence-corrected chi connectivity index (χ2v) is 9.64. The number of para-hydroxylation sites is 1. The van der Waals surface area contributed by atoms with E-state index in [0.29, 0.717) is 17.2 Å². The topological polar surface area (TPSA) is 100 Å². The number of anilines is 2. The van der Waals surface area contributed by atoms with E-state index in [-0.39, 0.29) is 24.3 Å². The highest BCUT2D eigenvalue weighted by molar-refractivity contribution is 5.68. The summed E-state index contributed by atoms with van der Waals surface area (Å²) in [5, 5.41) is 12.8. The fraction of sp³-hybridized carbons (Fsp3) is 0.333. The van der Waals surface area contributed by atoms with Gasteiger partial charge in [0.1, 0.15) is 17.4 Å². The molecule has 2 aromatic carbocycles. The van der Waals surface area contributed by atoms with E-state index in [1.807, 2.05) is 36.4 Å². The number of aromatic nitrogens is 2. The number of benzene rings is 2. The monoisotopic (exact) mass is 507 g/mol. The van der Waals surface area contributed by atoms with Gasteiger partial charge in [0.25, 0.3) is 0 Å². The number of carbonyl (C=O) groups excluding carboxylic acids is 1. The molecule has 1 aromatic heterocycles. The molecule has 37 heavy (non-hydrogen) atoms. The van der Waals surface area contributed by atoms with E-state index >= 15 is 0 Å². The molecular weight excluding hydrogens is 480 g/mol. The van der Waals surface area contributed by atoms with Crippen molar-refractivity contribution in [1.29, 1.82) is 5.26 Å². The summed E-state index contributed by atoms with van der Waals surface area (Å²) in [6, 6.07) is 17.8. The van der Waals surface area contributed by atoms with E-state index in [0.717, 1.165) is 10.6 Å². The Morgan fingerprint density at radius 1 is 1.19 bits per heavy atom. The van der Waals surface area contributed by atoms with Crippen LogP contribution in [0, 0.1) is 11.3 Å². The lowest BCUT2D eigenvalue weighted by molar-refractivity contribution is -0.137. The summed E-state index contributed by atoms with van der Waals surface area (Å²) < 4.78 is 40.7. The number of amides is 1. The van der Waals surface area contributed by atoms with E-state index in [4.69, 9.17) is 9.47 Å². The Kier molecular flexibility index (Phi) is 7.25. The van der Waals surface area contributed by atoms with Crippen molar-refractivity contribution < 1.29 is 23.0 Å². The molecule has 192 valence electrons. The first-order chi connectivity index (χ1) is 17.5. The molecule has 10 heteroatoms. The van der Waals surface area contributed by atoms with Gasteiger partial charge in [0.15, 0.2) is 6.10 Å². The SMILES string of the molecule is CC(C)(C)OC(=O)N1CC[C@H](Oc2ccc(-c3ccnc(Nc4ccccc4)n3)cc2C#N)C(F)(F)C1. The largest absolute Gasteiger partial charge is 0.483 e. The molecule has 8 nitrogen and oxygen atoms in total. The maximum absolute atomic E-state index is 14.9. The second kappa shape index (κ2) is 10.4. The van der Waals surface area contributed by atoms with Gasteiger partial charge < -0.3 is 19.7 Å². The quantitative estimate of drug-likeness (QED) is 0.467. The van der Waals surface area contributed by atoms with Crippen LogP contribution in [0.25, 0.3) is 11.3 Å². The van der Waals surface area contributed by atoms with Crippen molar-refractivity contribution >= 4 is 17.7 Å². The molecule has 0 saturated carbocycles. The molecule has 3 aromatic rings. The van der Waals surface area contributed by atoms with E-state index in [9.17, 15) is 18.8 Å². The zero-order valence-corrected chi connectivity index (χ0v) is 20.7. The fourth-order valence-electron chi connectivity index (χ4n) is 3.81. The Labute approximate surface area is 213 Å². The molecule has 1 aliphatic rings. The van der Waals surface area contributed by atoms with Crippen molar-refractivity contribution in [1.82, 2.24) is 14.9 Å². The van der Waals surface area contributed by atoms with Gasteiger partial charge in [-0.15, -0.1) is 0 Å². The first kappa shape index (κ1) is 25.8. The number of hydrogen-bond donors (Lipinski definition) is 1. The van der Waals surface area contributed by atoms with E-state index in [1.165, 1.54) is 12.1 Å². The number of rotatable bonds is 5. The van der Waals surface area contributed by atoms with Crippen LogP contribution in [0.2, 0.25) is 0 Å². The molecule has 1 fully saturated rings. The highest BCUT2D eigenvalue weighted by Gasteiger charge is 2.48. The first-order valence-electron chi connectivity index (χ1n) is 11.8. The first-order valence-corrected chi connectivity index (χ1v) is 11.8. The number of nitriles is 1. The maximum atomic E-state index is 14.9. The molecule has 4 rings (SSSR count). The number of nitrogens with one attached hydrogen (secondary N) is 1. The number of piperidine rings is 1. The number of nitrogens with zero attached hydrogens (tertiary/aromatic N) is 4. The Bertz CT molecular complexity index is 1310. The molecule has 1 N–H and O–H groups in total. The predicted molar refractivity (Wildman–Crippen MR) is 134 cm³/mol. The summed E-state index contributed by atoms with van der Waals surface area (Å²) in [6.07, 6.45) is -0.814. The number of ether oxygens (including phenoxy) is 2. The smallest absolute Gasteiger partial charge is 0.410 e. The highest BCUT2D eigenvalue weighted by Crippen LogP contribution is 2.34. The fourth-order valence-corrected chi connectivity index (χ4v) is 3.81. The molecule has 0 radical (unpaired) electrons. The molecule has 2 heterocycles. The lowest BCUT2D eigenvalue weighted by Crippen LogP contribution is -2.56. The van der Waals surface area contributed by atoms with Crippen LogP contribution in [0.1, 0.15) is 32.8 Å². The minimum Gasteiger partial charge on any atom is -0.483 e. The minimum atomic E-state index is -3.33. The van der Waals surface area contributed by atoms with Crippen molar-refractivity contribution in [3.05, 3.63) is 66.4 Å². The van der Waals surface area contributed by atoms with Crippen LogP contribution in [-0.4, -0.2) is 51.7 Å². The van der Waals surface area contributed by atoms with Crippen LogP contribution in [-0.2, 0) is 4.74 Å². The summed E-state index contributed by atoms with van der Waals surface area (Å²) >= 11 is 0. The van der Waals surface area contributed by atoms with E-state index in [1.54, 1.807) is 39.1 Å². The molecular formula is C27H27F2N5O3. The number of likely N-dealkylation sites (tertiary alicyclic amines) is 1. The molecule has 0 bridgehead atoms. The van der Waals surface area contributed by atoms with Crippen LogP contribution in [0.4, 0.5) is 25.2 Å². The molecule has 1 aliphatic heterocycles. The molecule has 0 aliphatic carbocycles. The van der Waals surface area contributed by atoms with E-state index < -0.39 is 30.3 Å². The van der Waals surface area contributed by atoms with Gasteiger partial charge in [0, 0.05) is 30.4 Å². The van der Waals surface area contributed by atoms with Gasteiger partial charge in [-0.1, -0.05) is 18.2 Å². The number of alkyl halides is 2. The normalized spacial score (nSPS) is 17.0. The van der Waals surface area contributed by atoms with Gasteiger partial charge >= 0.3 is 12.0 Å². The van der Waals surface area contributed by atoms with Gasteiger partial charge in [-0.3, -0.25) is 0 Å². The molecule has 1 saturated heterocycles. The van der Waals surface area contributed by atoms with Gasteiger partial charge in [-0.25, -0.2) is 23.5 Å².